The molecule has 0 aromatic heterocycles. The average molecular weight is 291 g/mol. The third-order valence-corrected chi connectivity index (χ3v) is 6.46. The lowest BCUT2D eigenvalue weighted by Gasteiger charge is -2.50. The molecule has 1 saturated carbocycles. The van der Waals surface area contributed by atoms with Crippen LogP contribution >= 0.6 is 0 Å². The van der Waals surface area contributed by atoms with Crippen molar-refractivity contribution in [3.05, 3.63) is 0 Å². The van der Waals surface area contributed by atoms with Crippen LogP contribution in [0.3, 0.4) is 0 Å². The van der Waals surface area contributed by atoms with Gasteiger partial charge in [-0.1, -0.05) is 20.3 Å². The summed E-state index contributed by atoms with van der Waals surface area (Å²) in [5, 5.41) is 3.68. The second-order valence-corrected chi connectivity index (χ2v) is 8.16. The number of nitrogens with zero attached hydrogens (tertiary/aromatic N) is 2. The molecule has 3 saturated heterocycles. The zero-order valence-electron chi connectivity index (χ0n) is 13.6. The number of hydrogen-bond acceptors (Lipinski definition) is 3. The Balaban J connectivity index is 1.58. The summed E-state index contributed by atoms with van der Waals surface area (Å²) < 4.78 is 0. The van der Waals surface area contributed by atoms with Crippen LogP contribution in [0.15, 0.2) is 0 Å². The molecule has 1 spiro atoms. The minimum absolute atomic E-state index is 0.159. The van der Waals surface area contributed by atoms with Gasteiger partial charge in [0.15, 0.2) is 0 Å². The van der Waals surface area contributed by atoms with Gasteiger partial charge >= 0.3 is 0 Å². The van der Waals surface area contributed by atoms with Crippen molar-refractivity contribution in [2.45, 2.75) is 88.6 Å². The quantitative estimate of drug-likeness (QED) is 0.844. The summed E-state index contributed by atoms with van der Waals surface area (Å²) in [6.45, 7) is 4.49. The van der Waals surface area contributed by atoms with Crippen molar-refractivity contribution in [1.29, 1.82) is 0 Å². The first-order chi connectivity index (χ1) is 10.0. The van der Waals surface area contributed by atoms with Gasteiger partial charge in [-0.25, -0.2) is 0 Å². The first-order valence-corrected chi connectivity index (χ1v) is 8.84. The Hall–Kier alpha value is -0.610. The molecule has 4 rings (SSSR count). The van der Waals surface area contributed by atoms with Gasteiger partial charge in [0, 0.05) is 18.1 Å². The molecule has 0 radical (unpaired) electrons. The Morgan fingerprint density at radius 2 is 1.76 bits per heavy atom. The van der Waals surface area contributed by atoms with Crippen LogP contribution in [-0.4, -0.2) is 52.6 Å². The monoisotopic (exact) mass is 291 g/mol. The van der Waals surface area contributed by atoms with Crippen molar-refractivity contribution in [2.75, 3.05) is 7.05 Å². The molecule has 3 aliphatic heterocycles. The van der Waals surface area contributed by atoms with E-state index in [-0.39, 0.29) is 11.7 Å². The third-order valence-electron chi connectivity index (χ3n) is 6.46. The zero-order chi connectivity index (χ0) is 14.8. The topological polar surface area (TPSA) is 35.6 Å². The number of nitrogens with one attached hydrogen (secondary N) is 1. The highest BCUT2D eigenvalue weighted by Crippen LogP contribution is 2.46. The van der Waals surface area contributed by atoms with E-state index in [1.807, 2.05) is 0 Å². The van der Waals surface area contributed by atoms with Gasteiger partial charge in [-0.2, -0.15) is 0 Å². The van der Waals surface area contributed by atoms with E-state index in [2.05, 4.69) is 36.0 Å². The molecule has 4 heteroatoms. The van der Waals surface area contributed by atoms with Gasteiger partial charge in [0.25, 0.3) is 0 Å². The molecule has 3 heterocycles. The van der Waals surface area contributed by atoms with Gasteiger partial charge in [-0.15, -0.1) is 0 Å². The fourth-order valence-electron chi connectivity index (χ4n) is 4.97. The molecule has 118 valence electrons. The van der Waals surface area contributed by atoms with Crippen molar-refractivity contribution in [3.63, 3.8) is 0 Å². The molecule has 4 nitrogen and oxygen atoms in total. The van der Waals surface area contributed by atoms with Crippen LogP contribution in [0, 0.1) is 5.92 Å². The highest BCUT2D eigenvalue weighted by atomic mass is 16.2. The zero-order valence-corrected chi connectivity index (χ0v) is 13.6. The van der Waals surface area contributed by atoms with Gasteiger partial charge in [-0.3, -0.25) is 10.1 Å². The molecule has 0 aromatic rings. The Bertz CT molecular complexity index is 431. The number of amides is 1. The standard InChI is InChI=1S/C17H29N3O/c1-11(2)15-18-17(7-8-17)16(21)20(15)14-9-12-5-4-6-13(10-14)19(12)3/h11-15,18H,4-10H2,1-3H3. The van der Waals surface area contributed by atoms with E-state index in [0.717, 1.165) is 12.8 Å². The highest BCUT2D eigenvalue weighted by Gasteiger charge is 2.61. The molecule has 0 aromatic carbocycles. The maximum Gasteiger partial charge on any atom is 0.244 e. The molecular formula is C17H29N3O. The van der Waals surface area contributed by atoms with Crippen LogP contribution in [0.2, 0.25) is 0 Å². The fourth-order valence-corrected chi connectivity index (χ4v) is 4.97. The predicted molar refractivity (Wildman–Crippen MR) is 82.8 cm³/mol. The first kappa shape index (κ1) is 14.0. The van der Waals surface area contributed by atoms with E-state index >= 15 is 0 Å². The number of rotatable bonds is 2. The van der Waals surface area contributed by atoms with Gasteiger partial charge in [0.05, 0.1) is 11.7 Å². The van der Waals surface area contributed by atoms with E-state index < -0.39 is 0 Å². The second-order valence-electron chi connectivity index (χ2n) is 8.16. The Morgan fingerprint density at radius 3 is 2.29 bits per heavy atom. The lowest BCUT2D eigenvalue weighted by atomic mass is 9.81. The van der Waals surface area contributed by atoms with Crippen LogP contribution in [0.4, 0.5) is 0 Å². The number of carbonyl (C=O) groups is 1. The number of carbonyl (C=O) groups excluding carboxylic acids is 1. The molecule has 2 bridgehead atoms. The van der Waals surface area contributed by atoms with Crippen LogP contribution in [0.1, 0.15) is 58.8 Å². The van der Waals surface area contributed by atoms with Gasteiger partial charge in [0.1, 0.15) is 0 Å². The van der Waals surface area contributed by atoms with Crippen molar-refractivity contribution in [2.24, 2.45) is 5.92 Å². The summed E-state index contributed by atoms with van der Waals surface area (Å²) in [4.78, 5) is 17.8. The first-order valence-electron chi connectivity index (χ1n) is 8.84. The maximum absolute atomic E-state index is 13.0. The average Bonchev–Trinajstić information content (AvgIpc) is 3.13. The normalized spacial score (nSPS) is 42.1. The maximum atomic E-state index is 13.0. The van der Waals surface area contributed by atoms with Gasteiger partial charge in [0.2, 0.25) is 5.91 Å². The molecule has 3 atom stereocenters. The number of fused-ring (bicyclic) bond motifs is 2. The van der Waals surface area contributed by atoms with Crippen LogP contribution in [-0.2, 0) is 4.79 Å². The highest BCUT2D eigenvalue weighted by molar-refractivity contribution is 5.92. The minimum Gasteiger partial charge on any atom is -0.322 e. The van der Waals surface area contributed by atoms with Crippen molar-refractivity contribution < 1.29 is 4.79 Å². The number of piperidine rings is 2. The van der Waals surface area contributed by atoms with E-state index in [4.69, 9.17) is 0 Å². The summed E-state index contributed by atoms with van der Waals surface area (Å²) in [7, 11) is 2.29. The molecule has 21 heavy (non-hydrogen) atoms. The third kappa shape index (κ3) is 2.06. The van der Waals surface area contributed by atoms with Crippen molar-refractivity contribution >= 4 is 5.91 Å². The molecule has 1 aliphatic carbocycles. The largest absolute Gasteiger partial charge is 0.322 e. The summed E-state index contributed by atoms with van der Waals surface area (Å²) in [6.07, 6.45) is 8.72. The summed E-state index contributed by atoms with van der Waals surface area (Å²) in [5.41, 5.74) is -0.159. The Morgan fingerprint density at radius 1 is 1.14 bits per heavy atom. The van der Waals surface area contributed by atoms with E-state index in [1.165, 1.54) is 32.1 Å². The van der Waals surface area contributed by atoms with Crippen LogP contribution in [0.25, 0.3) is 0 Å². The molecular weight excluding hydrogens is 262 g/mol. The minimum atomic E-state index is -0.159. The molecule has 1 amide bonds. The van der Waals surface area contributed by atoms with Crippen LogP contribution < -0.4 is 5.32 Å². The molecule has 4 aliphatic rings. The summed E-state index contributed by atoms with van der Waals surface area (Å²) >= 11 is 0. The molecule has 1 N–H and O–H groups in total. The van der Waals surface area contributed by atoms with Crippen molar-refractivity contribution in [3.8, 4) is 0 Å². The molecule has 3 unspecified atom stereocenters. The van der Waals surface area contributed by atoms with E-state index in [1.54, 1.807) is 0 Å². The molecule has 4 fully saturated rings. The van der Waals surface area contributed by atoms with Gasteiger partial charge in [-0.05, 0) is 51.5 Å². The SMILES string of the molecule is CC(C)C1NC2(CC2)C(=O)N1C1CC2CCCC(C1)N2C. The summed E-state index contributed by atoms with van der Waals surface area (Å²) in [5.74, 6) is 0.905. The lowest BCUT2D eigenvalue weighted by molar-refractivity contribution is -0.136. The predicted octanol–water partition coefficient (Wildman–Crippen LogP) is 1.95. The summed E-state index contributed by atoms with van der Waals surface area (Å²) in [6, 6.07) is 1.85. The number of hydrogen-bond donors (Lipinski definition) is 1. The fraction of sp³-hybridized carbons (Fsp3) is 0.941. The Kier molecular flexibility index (Phi) is 3.13. The van der Waals surface area contributed by atoms with Gasteiger partial charge < -0.3 is 9.80 Å². The van der Waals surface area contributed by atoms with Crippen molar-refractivity contribution in [1.82, 2.24) is 15.1 Å². The second kappa shape index (κ2) is 4.69. The Labute approximate surface area is 128 Å². The smallest absolute Gasteiger partial charge is 0.244 e. The van der Waals surface area contributed by atoms with E-state index in [0.29, 0.717) is 30.0 Å². The van der Waals surface area contributed by atoms with Crippen LogP contribution in [0.5, 0.6) is 0 Å². The van der Waals surface area contributed by atoms with E-state index in [9.17, 15) is 4.79 Å². The lowest BCUT2D eigenvalue weighted by Crippen LogP contribution is -2.58.